The average Bonchev–Trinajstić information content (AvgIpc) is 2.97. The third-order valence-electron chi connectivity index (χ3n) is 4.37. The van der Waals surface area contributed by atoms with Gasteiger partial charge in [0.2, 0.25) is 0 Å². The molecule has 8 heteroatoms. The van der Waals surface area contributed by atoms with Crippen LogP contribution in [-0.4, -0.2) is 26.7 Å². The minimum atomic E-state index is -0.528. The fraction of sp³-hybridized carbons (Fsp3) is 0.412. The zero-order valence-electron chi connectivity index (χ0n) is 13.7. The van der Waals surface area contributed by atoms with Crippen molar-refractivity contribution in [2.24, 2.45) is 0 Å². The number of hydrogen-bond acceptors (Lipinski definition) is 4. The van der Waals surface area contributed by atoms with Crippen molar-refractivity contribution >= 4 is 27.7 Å². The van der Waals surface area contributed by atoms with E-state index in [0.717, 1.165) is 18.4 Å². The van der Waals surface area contributed by atoms with Crippen LogP contribution in [0.2, 0.25) is 0 Å². The van der Waals surface area contributed by atoms with Gasteiger partial charge in [-0.3, -0.25) is 4.79 Å². The van der Waals surface area contributed by atoms with Crippen molar-refractivity contribution in [1.29, 1.82) is 0 Å². The van der Waals surface area contributed by atoms with E-state index in [9.17, 15) is 14.9 Å². The molecule has 0 spiro atoms. The number of carbonyl (C=O) groups excluding carboxylic acids is 1. The molecule has 25 heavy (non-hydrogen) atoms. The Morgan fingerprint density at radius 1 is 1.28 bits per heavy atom. The number of nitrogens with zero attached hydrogens (tertiary/aromatic N) is 3. The molecule has 1 aliphatic carbocycles. The first kappa shape index (κ1) is 17.6. The lowest BCUT2D eigenvalue weighted by molar-refractivity contribution is -0.390. The Kier molecular flexibility index (Phi) is 5.47. The lowest BCUT2D eigenvalue weighted by Gasteiger charge is -2.22. The second-order valence-corrected chi connectivity index (χ2v) is 7.11. The number of hydrogen-bond donors (Lipinski definition) is 1. The lowest BCUT2D eigenvalue weighted by Crippen LogP contribution is -2.36. The monoisotopic (exact) mass is 406 g/mol. The summed E-state index contributed by atoms with van der Waals surface area (Å²) in [7, 11) is 0. The van der Waals surface area contributed by atoms with Crippen LogP contribution in [0.15, 0.2) is 34.9 Å². The fourth-order valence-electron chi connectivity index (χ4n) is 3.06. The van der Waals surface area contributed by atoms with Crippen LogP contribution in [0.25, 0.3) is 0 Å². The van der Waals surface area contributed by atoms with Crippen LogP contribution < -0.4 is 5.32 Å². The molecule has 0 radical (unpaired) electrons. The molecule has 1 aliphatic rings. The Bertz CT molecular complexity index is 767. The molecule has 0 aliphatic heterocycles. The van der Waals surface area contributed by atoms with E-state index < -0.39 is 4.92 Å². The Labute approximate surface area is 153 Å². The number of amides is 1. The zero-order valence-corrected chi connectivity index (χ0v) is 15.2. The number of aromatic nitrogens is 2. The molecule has 1 amide bonds. The quantitative estimate of drug-likeness (QED) is 0.605. The molecule has 1 aromatic carbocycles. The van der Waals surface area contributed by atoms with Crippen LogP contribution >= 0.6 is 15.9 Å². The van der Waals surface area contributed by atoms with Crippen molar-refractivity contribution < 1.29 is 9.72 Å². The number of benzene rings is 1. The van der Waals surface area contributed by atoms with E-state index >= 15 is 0 Å². The molecule has 0 unspecified atom stereocenters. The number of nitrogens with one attached hydrogen (secondary N) is 1. The molecule has 1 heterocycles. The smallest absolute Gasteiger partial charge is 0.358 e. The van der Waals surface area contributed by atoms with Gasteiger partial charge in [0.15, 0.2) is 0 Å². The maximum atomic E-state index is 12.3. The van der Waals surface area contributed by atoms with Crippen LogP contribution in [0.5, 0.6) is 0 Å². The third kappa shape index (κ3) is 4.45. The van der Waals surface area contributed by atoms with E-state index in [1.165, 1.54) is 23.9 Å². The molecular weight excluding hydrogens is 388 g/mol. The van der Waals surface area contributed by atoms with Crippen molar-refractivity contribution in [3.05, 3.63) is 56.2 Å². The summed E-state index contributed by atoms with van der Waals surface area (Å²) in [6, 6.07) is 7.53. The molecule has 0 saturated heterocycles. The van der Waals surface area contributed by atoms with Gasteiger partial charge < -0.3 is 15.4 Å². The molecule has 1 saturated carbocycles. The van der Waals surface area contributed by atoms with Crippen molar-refractivity contribution in [3.8, 4) is 0 Å². The highest BCUT2D eigenvalue weighted by molar-refractivity contribution is 9.10. The summed E-state index contributed by atoms with van der Waals surface area (Å²) in [6.07, 6.45) is 7.28. The fourth-order valence-corrected chi connectivity index (χ4v) is 3.52. The first-order valence-electron chi connectivity index (χ1n) is 8.30. The van der Waals surface area contributed by atoms with Crippen molar-refractivity contribution in [2.45, 2.75) is 44.7 Å². The van der Waals surface area contributed by atoms with Gasteiger partial charge in [-0.1, -0.05) is 31.4 Å². The highest BCUT2D eigenvalue weighted by Gasteiger charge is 2.19. The number of carbonyl (C=O) groups is 1. The van der Waals surface area contributed by atoms with E-state index in [4.69, 9.17) is 0 Å². The van der Waals surface area contributed by atoms with Gasteiger partial charge in [-0.25, -0.2) is 0 Å². The topological polar surface area (TPSA) is 90.1 Å². The third-order valence-corrected chi connectivity index (χ3v) is 4.93. The predicted molar refractivity (Wildman–Crippen MR) is 96.5 cm³/mol. The van der Waals surface area contributed by atoms with Crippen LogP contribution in [-0.2, 0) is 6.54 Å². The maximum absolute atomic E-state index is 12.3. The highest BCUT2D eigenvalue weighted by atomic mass is 79.9. The van der Waals surface area contributed by atoms with E-state index in [1.54, 1.807) is 18.3 Å². The number of nitro groups is 1. The van der Waals surface area contributed by atoms with E-state index in [2.05, 4.69) is 26.3 Å². The summed E-state index contributed by atoms with van der Waals surface area (Å²) in [5.41, 5.74) is 1.54. The summed E-state index contributed by atoms with van der Waals surface area (Å²) < 4.78 is 1.85. The minimum absolute atomic E-state index is 0.0454. The number of halogens is 1. The second-order valence-electron chi connectivity index (χ2n) is 6.26. The molecule has 1 N–H and O–H groups in total. The maximum Gasteiger partial charge on any atom is 0.404 e. The normalized spacial score (nSPS) is 15.1. The molecule has 1 fully saturated rings. The van der Waals surface area contributed by atoms with Gasteiger partial charge in [0.05, 0.1) is 17.8 Å². The molecule has 3 rings (SSSR count). The summed E-state index contributed by atoms with van der Waals surface area (Å²) >= 11 is 3.13. The minimum Gasteiger partial charge on any atom is -0.358 e. The summed E-state index contributed by atoms with van der Waals surface area (Å²) in [4.78, 5) is 22.6. The Morgan fingerprint density at radius 3 is 2.56 bits per heavy atom. The predicted octanol–water partition coefficient (Wildman–Crippen LogP) is 3.66. The largest absolute Gasteiger partial charge is 0.404 e. The summed E-state index contributed by atoms with van der Waals surface area (Å²) in [6.45, 7) is 0.400. The van der Waals surface area contributed by atoms with Crippen molar-refractivity contribution in [3.63, 3.8) is 0 Å². The lowest BCUT2D eigenvalue weighted by atomic mass is 9.95. The Hall–Kier alpha value is -2.22. The first-order valence-corrected chi connectivity index (χ1v) is 9.09. The molecular formula is C17H19BrN4O3. The first-order chi connectivity index (χ1) is 12.0. The number of rotatable bonds is 5. The molecule has 0 atom stereocenters. The van der Waals surface area contributed by atoms with E-state index in [-0.39, 0.29) is 17.8 Å². The van der Waals surface area contributed by atoms with Gasteiger partial charge in [0.1, 0.15) is 4.47 Å². The van der Waals surface area contributed by atoms with E-state index in [0.29, 0.717) is 16.6 Å². The zero-order chi connectivity index (χ0) is 17.8. The molecule has 7 nitrogen and oxygen atoms in total. The van der Waals surface area contributed by atoms with Gasteiger partial charge >= 0.3 is 5.82 Å². The Morgan fingerprint density at radius 2 is 1.96 bits per heavy atom. The molecule has 0 bridgehead atoms. The average molecular weight is 407 g/mol. The SMILES string of the molecule is O=C(NC1CCCCC1)c1ccc(Cn2cc(Br)c([N+](=O)[O-])n2)cc1. The van der Waals surface area contributed by atoms with Gasteiger partial charge in [0.25, 0.3) is 5.91 Å². The Balaban J connectivity index is 1.62. The summed E-state index contributed by atoms with van der Waals surface area (Å²) in [5.74, 6) is -0.251. The standard InChI is InChI=1S/C17H19BrN4O3/c18-15-11-21(20-16(15)22(24)25)10-12-6-8-13(9-7-12)17(23)19-14-4-2-1-3-5-14/h6-9,11,14H,1-5,10H2,(H,19,23). The van der Waals surface area contributed by atoms with Crippen molar-refractivity contribution in [2.75, 3.05) is 0 Å². The van der Waals surface area contributed by atoms with Crippen molar-refractivity contribution in [1.82, 2.24) is 15.1 Å². The molecule has 2 aromatic rings. The highest BCUT2D eigenvalue weighted by Crippen LogP contribution is 2.22. The van der Waals surface area contributed by atoms with Gasteiger partial charge in [-0.2, -0.15) is 4.68 Å². The van der Waals surface area contributed by atoms with E-state index in [1.807, 2.05) is 12.1 Å². The van der Waals surface area contributed by atoms with Gasteiger partial charge in [-0.05, 0) is 51.4 Å². The summed E-state index contributed by atoms with van der Waals surface area (Å²) in [5, 5.41) is 17.8. The van der Waals surface area contributed by atoms with Crippen LogP contribution in [0.3, 0.4) is 0 Å². The van der Waals surface area contributed by atoms with Crippen LogP contribution in [0.4, 0.5) is 5.82 Å². The molecule has 1 aromatic heterocycles. The van der Waals surface area contributed by atoms with Gasteiger partial charge in [0, 0.05) is 11.6 Å². The van der Waals surface area contributed by atoms with Crippen LogP contribution in [0.1, 0.15) is 48.0 Å². The van der Waals surface area contributed by atoms with Crippen LogP contribution in [0, 0.1) is 10.1 Å². The second kappa shape index (κ2) is 7.77. The van der Waals surface area contributed by atoms with Gasteiger partial charge in [-0.15, -0.1) is 0 Å². The molecule has 132 valence electrons.